The lowest BCUT2D eigenvalue weighted by atomic mass is 9.94. The molecule has 0 bridgehead atoms. The highest BCUT2D eigenvalue weighted by Gasteiger charge is 2.37. The number of piperidine rings is 1. The first-order valence-electron chi connectivity index (χ1n) is 11.1. The Labute approximate surface area is 181 Å². The van der Waals surface area contributed by atoms with E-state index >= 15 is 0 Å². The molecule has 31 heavy (non-hydrogen) atoms. The maximum atomic E-state index is 10.1. The summed E-state index contributed by atoms with van der Waals surface area (Å²) >= 11 is 0. The molecule has 2 unspecified atom stereocenters. The molecule has 0 amide bonds. The average molecular weight is 408 g/mol. The number of nitrogens with zero attached hydrogens (tertiary/aromatic N) is 4. The van der Waals surface area contributed by atoms with Gasteiger partial charge in [0.1, 0.15) is 11.9 Å². The summed E-state index contributed by atoms with van der Waals surface area (Å²) < 4.78 is 2.24. The average Bonchev–Trinajstić information content (AvgIpc) is 3.40. The van der Waals surface area contributed by atoms with Crippen LogP contribution in [0.2, 0.25) is 0 Å². The van der Waals surface area contributed by atoms with Gasteiger partial charge in [0.05, 0.1) is 16.6 Å². The van der Waals surface area contributed by atoms with Gasteiger partial charge in [0, 0.05) is 24.7 Å². The lowest BCUT2D eigenvalue weighted by molar-refractivity contribution is 0.340. The summed E-state index contributed by atoms with van der Waals surface area (Å²) in [4.78, 5) is 7.44. The van der Waals surface area contributed by atoms with Gasteiger partial charge >= 0.3 is 0 Å². The molecule has 0 spiro atoms. The van der Waals surface area contributed by atoms with E-state index < -0.39 is 0 Å². The predicted molar refractivity (Wildman–Crippen MR) is 124 cm³/mol. The van der Waals surface area contributed by atoms with Crippen molar-refractivity contribution < 1.29 is 0 Å². The van der Waals surface area contributed by atoms with Crippen molar-refractivity contribution in [1.82, 2.24) is 14.7 Å². The van der Waals surface area contributed by atoms with E-state index in [9.17, 15) is 5.26 Å². The van der Waals surface area contributed by atoms with Crippen molar-refractivity contribution in [1.29, 1.82) is 5.26 Å². The number of nitriles is 1. The molecule has 6 rings (SSSR count). The highest BCUT2D eigenvalue weighted by atomic mass is 15.3. The van der Waals surface area contributed by atoms with Crippen LogP contribution in [0.5, 0.6) is 0 Å². The van der Waals surface area contributed by atoms with Gasteiger partial charge in [-0.05, 0) is 55.5 Å². The molecule has 1 N–H and O–H groups in total. The van der Waals surface area contributed by atoms with Crippen LogP contribution in [-0.2, 0) is 0 Å². The Morgan fingerprint density at radius 2 is 1.87 bits per heavy atom. The van der Waals surface area contributed by atoms with Gasteiger partial charge in [-0.1, -0.05) is 42.5 Å². The summed E-state index contributed by atoms with van der Waals surface area (Å²) in [5.41, 5.74) is 6.71. The minimum Gasteiger partial charge on any atom is -0.355 e. The van der Waals surface area contributed by atoms with Gasteiger partial charge in [0.15, 0.2) is 5.65 Å². The Morgan fingerprint density at radius 1 is 1.06 bits per heavy atom. The number of rotatable bonds is 2. The standard InChI is InChI=1S/C26H25N5/c1-17-20(14-27)25-29-21-11-5-6-12-23(21)31(25)26(24(17)18-8-3-2-4-9-18)30-15-19-10-7-13-28-22(19)16-30/h2-6,8-9,11-12,19,22,28H,7,10,13,15-16H2,1H3. The van der Waals surface area contributed by atoms with Crippen molar-refractivity contribution in [2.24, 2.45) is 5.92 Å². The number of fused-ring (bicyclic) bond motifs is 4. The van der Waals surface area contributed by atoms with E-state index in [0.717, 1.165) is 53.0 Å². The van der Waals surface area contributed by atoms with Gasteiger partial charge in [-0.25, -0.2) is 4.98 Å². The van der Waals surface area contributed by atoms with E-state index in [1.807, 2.05) is 18.2 Å². The largest absolute Gasteiger partial charge is 0.355 e. The Morgan fingerprint density at radius 3 is 2.68 bits per heavy atom. The zero-order valence-corrected chi connectivity index (χ0v) is 17.7. The molecule has 5 heteroatoms. The van der Waals surface area contributed by atoms with Crippen LogP contribution in [0.25, 0.3) is 27.8 Å². The monoisotopic (exact) mass is 407 g/mol. The Kier molecular flexibility index (Phi) is 4.22. The van der Waals surface area contributed by atoms with Gasteiger partial charge in [-0.3, -0.25) is 4.40 Å². The zero-order chi connectivity index (χ0) is 20.9. The van der Waals surface area contributed by atoms with E-state index in [1.165, 1.54) is 18.7 Å². The molecule has 0 saturated carbocycles. The summed E-state index contributed by atoms with van der Waals surface area (Å²) in [5.74, 6) is 1.83. The number of pyridine rings is 1. The van der Waals surface area contributed by atoms with Crippen molar-refractivity contribution in [2.45, 2.75) is 25.8 Å². The second-order valence-electron chi connectivity index (χ2n) is 8.80. The van der Waals surface area contributed by atoms with Gasteiger partial charge < -0.3 is 10.2 Å². The third kappa shape index (κ3) is 2.75. The van der Waals surface area contributed by atoms with Crippen molar-refractivity contribution in [3.05, 3.63) is 65.7 Å². The molecule has 0 radical (unpaired) electrons. The van der Waals surface area contributed by atoms with Crippen molar-refractivity contribution in [3.8, 4) is 17.2 Å². The maximum Gasteiger partial charge on any atom is 0.157 e. The van der Waals surface area contributed by atoms with Crippen molar-refractivity contribution in [3.63, 3.8) is 0 Å². The molecule has 2 aliphatic rings. The fraction of sp³-hybridized carbons (Fsp3) is 0.308. The van der Waals surface area contributed by atoms with Crippen LogP contribution in [0.15, 0.2) is 54.6 Å². The topological polar surface area (TPSA) is 56.4 Å². The second kappa shape index (κ2) is 7.11. The number of anilines is 1. The summed E-state index contributed by atoms with van der Waals surface area (Å²) in [5, 5.41) is 13.8. The third-order valence-electron chi connectivity index (χ3n) is 7.04. The summed E-state index contributed by atoms with van der Waals surface area (Å²) in [6, 6.07) is 21.7. The molecule has 0 aliphatic carbocycles. The van der Waals surface area contributed by atoms with E-state index in [4.69, 9.17) is 4.98 Å². The Bertz CT molecular complexity index is 1320. The van der Waals surface area contributed by atoms with Crippen LogP contribution in [0, 0.1) is 24.2 Å². The zero-order valence-electron chi connectivity index (χ0n) is 17.7. The van der Waals surface area contributed by atoms with Crippen molar-refractivity contribution in [2.75, 3.05) is 24.5 Å². The minimum absolute atomic E-state index is 0.526. The summed E-state index contributed by atoms with van der Waals surface area (Å²) in [7, 11) is 0. The normalized spacial score (nSPS) is 20.8. The Hall–Kier alpha value is -3.36. The third-order valence-corrected chi connectivity index (χ3v) is 7.04. The van der Waals surface area contributed by atoms with Gasteiger partial charge in [0.2, 0.25) is 0 Å². The van der Waals surface area contributed by atoms with E-state index in [0.29, 0.717) is 17.5 Å². The van der Waals surface area contributed by atoms with Crippen LogP contribution < -0.4 is 10.2 Å². The fourth-order valence-electron chi connectivity index (χ4n) is 5.58. The van der Waals surface area contributed by atoms with Crippen LogP contribution in [0.4, 0.5) is 5.82 Å². The SMILES string of the molecule is Cc1c(-c2ccccc2)c(N2CC3CCCNC3C2)n2c(nc3ccccc32)c1C#N. The molecular weight excluding hydrogens is 382 g/mol. The number of imidazole rings is 1. The molecule has 2 atom stereocenters. The van der Waals surface area contributed by atoms with Gasteiger partial charge in [-0.15, -0.1) is 0 Å². The number of nitrogens with one attached hydrogen (secondary N) is 1. The smallest absolute Gasteiger partial charge is 0.157 e. The van der Waals surface area contributed by atoms with Crippen LogP contribution in [0.3, 0.4) is 0 Å². The molecule has 2 aromatic heterocycles. The van der Waals surface area contributed by atoms with E-state index in [-0.39, 0.29) is 0 Å². The number of para-hydroxylation sites is 2. The first kappa shape index (κ1) is 18.4. The van der Waals surface area contributed by atoms with Gasteiger partial charge in [0.25, 0.3) is 0 Å². The molecule has 2 aromatic carbocycles. The molecule has 4 aromatic rings. The highest BCUT2D eigenvalue weighted by Crippen LogP contribution is 2.41. The van der Waals surface area contributed by atoms with Crippen LogP contribution in [0.1, 0.15) is 24.0 Å². The minimum atomic E-state index is 0.526. The lowest BCUT2D eigenvalue weighted by Crippen LogP contribution is -2.40. The highest BCUT2D eigenvalue weighted by molar-refractivity contribution is 5.92. The Balaban J connectivity index is 1.71. The molecular formula is C26H25N5. The second-order valence-corrected chi connectivity index (χ2v) is 8.80. The van der Waals surface area contributed by atoms with Crippen LogP contribution >= 0.6 is 0 Å². The predicted octanol–water partition coefficient (Wildman–Crippen LogP) is 4.52. The maximum absolute atomic E-state index is 10.1. The quantitative estimate of drug-likeness (QED) is 0.531. The first-order chi connectivity index (χ1) is 15.3. The molecule has 2 fully saturated rings. The number of hydrogen-bond donors (Lipinski definition) is 1. The molecule has 4 heterocycles. The van der Waals surface area contributed by atoms with E-state index in [2.05, 4.69) is 64.0 Å². The number of hydrogen-bond acceptors (Lipinski definition) is 4. The fourth-order valence-corrected chi connectivity index (χ4v) is 5.58. The summed E-state index contributed by atoms with van der Waals surface area (Å²) in [6.07, 6.45) is 2.52. The number of aromatic nitrogens is 2. The molecule has 2 aliphatic heterocycles. The summed E-state index contributed by atoms with van der Waals surface area (Å²) in [6.45, 7) is 5.20. The lowest BCUT2D eigenvalue weighted by Gasteiger charge is -2.26. The molecule has 5 nitrogen and oxygen atoms in total. The first-order valence-corrected chi connectivity index (χ1v) is 11.1. The van der Waals surface area contributed by atoms with Gasteiger partial charge in [-0.2, -0.15) is 5.26 Å². The molecule has 2 saturated heterocycles. The van der Waals surface area contributed by atoms with Crippen LogP contribution in [-0.4, -0.2) is 35.1 Å². The molecule has 154 valence electrons. The van der Waals surface area contributed by atoms with Crippen molar-refractivity contribution >= 4 is 22.5 Å². The number of benzene rings is 2. The van der Waals surface area contributed by atoms with E-state index in [1.54, 1.807) is 0 Å².